The van der Waals surface area contributed by atoms with Gasteiger partial charge in [0.05, 0.1) is 18.6 Å². The van der Waals surface area contributed by atoms with Crippen LogP contribution in [0, 0.1) is 0 Å². The van der Waals surface area contributed by atoms with Crippen LogP contribution < -0.4 is 0 Å². The highest BCUT2D eigenvalue weighted by molar-refractivity contribution is 5.67. The number of aliphatic hydroxyl groups is 2. The van der Waals surface area contributed by atoms with Gasteiger partial charge < -0.3 is 20.1 Å². The van der Waals surface area contributed by atoms with E-state index in [1.807, 2.05) is 0 Å². The molecular weight excluding hydrogens is 192 g/mol. The molecule has 0 bridgehead atoms. The summed E-state index contributed by atoms with van der Waals surface area (Å²) in [5.41, 5.74) is 0. The van der Waals surface area contributed by atoms with Crippen molar-refractivity contribution in [1.29, 1.82) is 0 Å². The molecule has 0 saturated carbocycles. The van der Waals surface area contributed by atoms with Gasteiger partial charge in [0.2, 0.25) is 0 Å². The van der Waals surface area contributed by atoms with E-state index >= 15 is 0 Å². The van der Waals surface area contributed by atoms with Crippen molar-refractivity contribution in [1.82, 2.24) is 0 Å². The zero-order valence-electron chi connectivity index (χ0n) is 7.84. The van der Waals surface area contributed by atoms with Crippen LogP contribution in [-0.4, -0.2) is 46.1 Å². The van der Waals surface area contributed by atoms with Gasteiger partial charge >= 0.3 is 11.9 Å². The van der Waals surface area contributed by atoms with Crippen LogP contribution in [0.3, 0.4) is 0 Å². The van der Waals surface area contributed by atoms with Gasteiger partial charge in [-0.3, -0.25) is 9.59 Å². The van der Waals surface area contributed by atoms with Crippen LogP contribution in [0.2, 0.25) is 0 Å². The van der Waals surface area contributed by atoms with Gasteiger partial charge in [0.15, 0.2) is 0 Å². The molecule has 0 aliphatic heterocycles. The van der Waals surface area contributed by atoms with Crippen LogP contribution in [0.25, 0.3) is 0 Å². The van der Waals surface area contributed by atoms with Crippen molar-refractivity contribution in [2.45, 2.75) is 32.0 Å². The quantitative estimate of drug-likeness (QED) is 0.488. The summed E-state index contributed by atoms with van der Waals surface area (Å²) in [6, 6.07) is 0. The molecule has 0 aromatic carbocycles. The summed E-state index contributed by atoms with van der Waals surface area (Å²) in [7, 11) is 0. The highest BCUT2D eigenvalue weighted by atomic mass is 16.5. The standard InChI is InChI=1S/C8H14O6/c1-5(9)14-4-7(11)2-6(10)3-8(12)13/h6-7,10-11H,2-4H2,1H3,(H,12,13)/t6-,7+/m1/s1. The maximum atomic E-state index is 10.3. The van der Waals surface area contributed by atoms with Crippen LogP contribution in [0.4, 0.5) is 0 Å². The fraction of sp³-hybridized carbons (Fsp3) is 0.750. The molecule has 0 aliphatic carbocycles. The third kappa shape index (κ3) is 7.51. The molecule has 0 rings (SSSR count). The van der Waals surface area contributed by atoms with Crippen molar-refractivity contribution >= 4 is 11.9 Å². The van der Waals surface area contributed by atoms with Gasteiger partial charge in [-0.1, -0.05) is 0 Å². The van der Waals surface area contributed by atoms with Gasteiger partial charge in [-0.05, 0) is 0 Å². The lowest BCUT2D eigenvalue weighted by Gasteiger charge is -2.13. The first-order valence-electron chi connectivity index (χ1n) is 4.13. The molecule has 0 aliphatic rings. The summed E-state index contributed by atoms with van der Waals surface area (Å²) in [5.74, 6) is -1.67. The van der Waals surface area contributed by atoms with E-state index in [-0.39, 0.29) is 13.0 Å². The minimum Gasteiger partial charge on any atom is -0.481 e. The fourth-order valence-electron chi connectivity index (χ4n) is 0.881. The molecule has 3 N–H and O–H groups in total. The lowest BCUT2D eigenvalue weighted by atomic mass is 10.1. The van der Waals surface area contributed by atoms with Crippen LogP contribution in [0.1, 0.15) is 19.8 Å². The van der Waals surface area contributed by atoms with E-state index in [0.29, 0.717) is 0 Å². The Morgan fingerprint density at radius 2 is 1.86 bits per heavy atom. The number of carboxylic acids is 1. The summed E-state index contributed by atoms with van der Waals surface area (Å²) in [5, 5.41) is 26.5. The lowest BCUT2D eigenvalue weighted by Crippen LogP contribution is -2.25. The number of aliphatic hydroxyl groups excluding tert-OH is 2. The van der Waals surface area contributed by atoms with E-state index in [4.69, 9.17) is 15.3 Å². The summed E-state index contributed by atoms with van der Waals surface area (Å²) < 4.78 is 4.46. The molecule has 0 aromatic rings. The number of carbonyl (C=O) groups excluding carboxylic acids is 1. The Morgan fingerprint density at radius 1 is 1.29 bits per heavy atom. The second-order valence-corrected chi connectivity index (χ2v) is 2.94. The van der Waals surface area contributed by atoms with E-state index in [9.17, 15) is 9.59 Å². The first-order valence-corrected chi connectivity index (χ1v) is 4.13. The van der Waals surface area contributed by atoms with E-state index < -0.39 is 30.6 Å². The number of carbonyl (C=O) groups is 2. The largest absolute Gasteiger partial charge is 0.481 e. The summed E-state index contributed by atoms with van der Waals surface area (Å²) in [6.45, 7) is 0.965. The minimum atomic E-state index is -1.14. The first kappa shape index (κ1) is 12.9. The average Bonchev–Trinajstić information content (AvgIpc) is 1.98. The highest BCUT2D eigenvalue weighted by Gasteiger charge is 2.15. The molecule has 14 heavy (non-hydrogen) atoms. The maximum Gasteiger partial charge on any atom is 0.305 e. The van der Waals surface area contributed by atoms with Crippen molar-refractivity contribution < 1.29 is 29.6 Å². The lowest BCUT2D eigenvalue weighted by molar-refractivity contribution is -0.145. The normalized spacial score (nSPS) is 14.5. The number of rotatable bonds is 6. The first-order chi connectivity index (χ1) is 6.41. The van der Waals surface area contributed by atoms with Gasteiger partial charge in [0, 0.05) is 13.3 Å². The third-order valence-electron chi connectivity index (χ3n) is 1.43. The number of aliphatic carboxylic acids is 1. The molecule has 0 amide bonds. The molecule has 0 saturated heterocycles. The van der Waals surface area contributed by atoms with Gasteiger partial charge in [0.25, 0.3) is 0 Å². The van der Waals surface area contributed by atoms with Crippen molar-refractivity contribution in [3.63, 3.8) is 0 Å². The Hall–Kier alpha value is -1.14. The Balaban J connectivity index is 3.65. The smallest absolute Gasteiger partial charge is 0.305 e. The number of carboxylic acid groups (broad SMARTS) is 1. The molecule has 0 fully saturated rings. The monoisotopic (exact) mass is 206 g/mol. The minimum absolute atomic E-state index is 0.125. The molecule has 0 spiro atoms. The van der Waals surface area contributed by atoms with Crippen molar-refractivity contribution in [2.75, 3.05) is 6.61 Å². The van der Waals surface area contributed by atoms with E-state index in [2.05, 4.69) is 4.74 Å². The number of hydrogen-bond donors (Lipinski definition) is 3. The van der Waals surface area contributed by atoms with Crippen molar-refractivity contribution in [2.24, 2.45) is 0 Å². The maximum absolute atomic E-state index is 10.3. The molecule has 6 heteroatoms. The molecular formula is C8H14O6. The van der Waals surface area contributed by atoms with Crippen LogP contribution in [-0.2, 0) is 14.3 Å². The van der Waals surface area contributed by atoms with E-state index in [1.54, 1.807) is 0 Å². The molecule has 82 valence electrons. The number of esters is 1. The van der Waals surface area contributed by atoms with Crippen LogP contribution in [0.15, 0.2) is 0 Å². The number of hydrogen-bond acceptors (Lipinski definition) is 5. The Morgan fingerprint density at radius 3 is 2.29 bits per heavy atom. The molecule has 6 nitrogen and oxygen atoms in total. The molecule has 2 atom stereocenters. The Kier molecular flexibility index (Phi) is 5.82. The Bertz CT molecular complexity index is 202. The second kappa shape index (κ2) is 6.33. The zero-order chi connectivity index (χ0) is 11.1. The van der Waals surface area contributed by atoms with Crippen LogP contribution in [0.5, 0.6) is 0 Å². The number of ether oxygens (including phenoxy) is 1. The summed E-state index contributed by atoms with van der Waals surface area (Å²) in [4.78, 5) is 20.5. The second-order valence-electron chi connectivity index (χ2n) is 2.94. The fourth-order valence-corrected chi connectivity index (χ4v) is 0.881. The molecule has 0 aromatic heterocycles. The van der Waals surface area contributed by atoms with Gasteiger partial charge in [-0.15, -0.1) is 0 Å². The topological polar surface area (TPSA) is 104 Å². The van der Waals surface area contributed by atoms with Crippen LogP contribution >= 0.6 is 0 Å². The summed E-state index contributed by atoms with van der Waals surface area (Å²) in [6.07, 6.45) is -2.72. The molecule has 0 unspecified atom stereocenters. The summed E-state index contributed by atoms with van der Waals surface area (Å²) >= 11 is 0. The molecule has 0 radical (unpaired) electrons. The van der Waals surface area contributed by atoms with Crippen molar-refractivity contribution in [3.8, 4) is 0 Å². The average molecular weight is 206 g/mol. The zero-order valence-corrected chi connectivity index (χ0v) is 7.84. The van der Waals surface area contributed by atoms with E-state index in [0.717, 1.165) is 0 Å². The highest BCUT2D eigenvalue weighted by Crippen LogP contribution is 2.03. The van der Waals surface area contributed by atoms with Gasteiger partial charge in [-0.2, -0.15) is 0 Å². The molecule has 0 heterocycles. The predicted molar refractivity (Wildman–Crippen MR) is 45.5 cm³/mol. The predicted octanol–water partition coefficient (Wildman–Crippen LogP) is -0.864. The van der Waals surface area contributed by atoms with Crippen molar-refractivity contribution in [3.05, 3.63) is 0 Å². The third-order valence-corrected chi connectivity index (χ3v) is 1.43. The van der Waals surface area contributed by atoms with E-state index in [1.165, 1.54) is 6.92 Å². The SMILES string of the molecule is CC(=O)OC[C@@H](O)C[C@@H](O)CC(=O)O. The Labute approximate surface area is 81.1 Å². The van der Waals surface area contributed by atoms with Gasteiger partial charge in [-0.25, -0.2) is 0 Å². The van der Waals surface area contributed by atoms with Gasteiger partial charge in [0.1, 0.15) is 6.61 Å².